The second kappa shape index (κ2) is 5.52. The first kappa shape index (κ1) is 14.5. The molecule has 2 aliphatic carbocycles. The van der Waals surface area contributed by atoms with Crippen molar-refractivity contribution in [1.29, 1.82) is 0 Å². The molecule has 1 aromatic rings. The van der Waals surface area contributed by atoms with Gasteiger partial charge in [0.15, 0.2) is 5.78 Å². The van der Waals surface area contributed by atoms with Crippen molar-refractivity contribution in [2.75, 3.05) is 0 Å². The molecule has 4 nitrogen and oxygen atoms in total. The van der Waals surface area contributed by atoms with Crippen LogP contribution in [0.4, 0.5) is 0 Å². The molecule has 0 aromatic heterocycles. The lowest BCUT2D eigenvalue weighted by Crippen LogP contribution is -2.45. The summed E-state index contributed by atoms with van der Waals surface area (Å²) in [6.45, 7) is 0. The van der Waals surface area contributed by atoms with Gasteiger partial charge in [-0.1, -0.05) is 18.2 Å². The number of ketones is 2. The Kier molecular flexibility index (Phi) is 3.47. The molecule has 0 spiro atoms. The van der Waals surface area contributed by atoms with Gasteiger partial charge < -0.3 is 9.84 Å². The Bertz CT molecular complexity index is 703. The van der Waals surface area contributed by atoms with Crippen molar-refractivity contribution in [2.24, 2.45) is 5.92 Å². The van der Waals surface area contributed by atoms with E-state index in [4.69, 9.17) is 4.74 Å². The number of allylic oxidation sites excluding steroid dienone is 2. The molecule has 1 saturated carbocycles. The predicted molar refractivity (Wildman–Crippen MR) is 84.5 cm³/mol. The molecule has 3 aliphatic rings. The molecule has 0 radical (unpaired) electrons. The minimum atomic E-state index is -0.356. The number of ether oxygens (including phenoxy) is 1. The number of benzene rings is 1. The van der Waals surface area contributed by atoms with Crippen LogP contribution in [-0.4, -0.2) is 22.8 Å². The molecule has 120 valence electrons. The lowest BCUT2D eigenvalue weighted by atomic mass is 9.67. The number of hydrogen-bond acceptors (Lipinski definition) is 4. The maximum absolute atomic E-state index is 12.6. The molecule has 0 saturated heterocycles. The summed E-state index contributed by atoms with van der Waals surface area (Å²) in [4.78, 5) is 25.1. The minimum absolute atomic E-state index is 0.0208. The van der Waals surface area contributed by atoms with Crippen LogP contribution in [0.15, 0.2) is 35.6 Å². The molecule has 0 amide bonds. The summed E-state index contributed by atoms with van der Waals surface area (Å²) in [5.41, 5.74) is 1.32. The topological polar surface area (TPSA) is 63.6 Å². The molecule has 4 rings (SSSR count). The standard InChI is InChI=1S/C19H20O4/c20-12-6-3-7-13(21)18(12)17-11-5-1-2-9-15(11)23-16-10-4-8-14(22)19(16)17/h1-2,5,9,16-17,19-20H,3-4,6-8,10H2/t16-,17+,19+/m1/s1. The zero-order valence-corrected chi connectivity index (χ0v) is 13.0. The lowest BCUT2D eigenvalue weighted by Gasteiger charge is -2.42. The Hall–Kier alpha value is -2.10. The number of fused-ring (bicyclic) bond motifs is 2. The fraction of sp³-hybridized carbons (Fsp3) is 0.474. The summed E-state index contributed by atoms with van der Waals surface area (Å²) < 4.78 is 6.06. The third kappa shape index (κ3) is 2.28. The van der Waals surface area contributed by atoms with Crippen LogP contribution in [0.2, 0.25) is 0 Å². The summed E-state index contributed by atoms with van der Waals surface area (Å²) in [5.74, 6) is 0.336. The van der Waals surface area contributed by atoms with Gasteiger partial charge in [-0.2, -0.15) is 0 Å². The summed E-state index contributed by atoms with van der Waals surface area (Å²) in [6, 6.07) is 7.61. The normalized spacial score (nSPS) is 30.5. The molecule has 1 aromatic carbocycles. The molecule has 1 aliphatic heterocycles. The van der Waals surface area contributed by atoms with Gasteiger partial charge in [0.2, 0.25) is 0 Å². The van der Waals surface area contributed by atoms with Crippen LogP contribution in [0.1, 0.15) is 50.0 Å². The van der Waals surface area contributed by atoms with Crippen LogP contribution >= 0.6 is 0 Å². The summed E-state index contributed by atoms with van der Waals surface area (Å²) >= 11 is 0. The molecule has 1 fully saturated rings. The molecule has 1 heterocycles. The average molecular weight is 312 g/mol. The van der Waals surface area contributed by atoms with Crippen LogP contribution < -0.4 is 4.74 Å². The van der Waals surface area contributed by atoms with E-state index in [1.165, 1.54) is 0 Å². The van der Waals surface area contributed by atoms with Crippen molar-refractivity contribution in [3.8, 4) is 5.75 Å². The Labute approximate surface area is 135 Å². The molecule has 4 heteroatoms. The fourth-order valence-electron chi connectivity index (χ4n) is 4.30. The first-order chi connectivity index (χ1) is 11.2. The van der Waals surface area contributed by atoms with Crippen molar-refractivity contribution in [3.63, 3.8) is 0 Å². The number of carbonyl (C=O) groups is 2. The maximum atomic E-state index is 12.6. The Morgan fingerprint density at radius 3 is 2.70 bits per heavy atom. The number of hydrogen-bond donors (Lipinski definition) is 1. The summed E-state index contributed by atoms with van der Waals surface area (Å²) in [6.07, 6.45) is 3.65. The molecule has 23 heavy (non-hydrogen) atoms. The Morgan fingerprint density at radius 2 is 1.87 bits per heavy atom. The van der Waals surface area contributed by atoms with Gasteiger partial charge in [0.1, 0.15) is 17.6 Å². The fourth-order valence-corrected chi connectivity index (χ4v) is 4.30. The maximum Gasteiger partial charge on any atom is 0.162 e. The van der Waals surface area contributed by atoms with Crippen LogP contribution in [0.5, 0.6) is 5.75 Å². The molecule has 0 unspecified atom stereocenters. The van der Waals surface area contributed by atoms with Crippen LogP contribution in [0.3, 0.4) is 0 Å². The lowest BCUT2D eigenvalue weighted by molar-refractivity contribution is -0.130. The monoisotopic (exact) mass is 312 g/mol. The van der Waals surface area contributed by atoms with Crippen LogP contribution in [0.25, 0.3) is 0 Å². The van der Waals surface area contributed by atoms with Gasteiger partial charge in [-0.15, -0.1) is 0 Å². The molecular weight excluding hydrogens is 292 g/mol. The first-order valence-corrected chi connectivity index (χ1v) is 8.40. The highest BCUT2D eigenvalue weighted by atomic mass is 16.5. The second-order valence-electron chi connectivity index (χ2n) is 6.69. The average Bonchev–Trinajstić information content (AvgIpc) is 2.54. The minimum Gasteiger partial charge on any atom is -0.512 e. The van der Waals surface area contributed by atoms with Crippen LogP contribution in [-0.2, 0) is 9.59 Å². The van der Waals surface area contributed by atoms with Gasteiger partial charge in [-0.3, -0.25) is 9.59 Å². The second-order valence-corrected chi connectivity index (χ2v) is 6.69. The number of Topliss-reactive ketones (excluding diaryl/α,β-unsaturated/α-hetero) is 2. The number of aliphatic hydroxyl groups is 1. The van der Waals surface area contributed by atoms with E-state index in [1.807, 2.05) is 24.3 Å². The Balaban J connectivity index is 1.90. The van der Waals surface area contributed by atoms with E-state index in [0.29, 0.717) is 31.3 Å². The largest absolute Gasteiger partial charge is 0.512 e. The van der Waals surface area contributed by atoms with Gasteiger partial charge in [-0.05, 0) is 25.3 Å². The highest BCUT2D eigenvalue weighted by Gasteiger charge is 2.48. The van der Waals surface area contributed by atoms with Gasteiger partial charge in [-0.25, -0.2) is 0 Å². The number of rotatable bonds is 1. The van der Waals surface area contributed by atoms with Gasteiger partial charge in [0.05, 0.1) is 11.7 Å². The Morgan fingerprint density at radius 1 is 1.04 bits per heavy atom. The highest BCUT2D eigenvalue weighted by Crippen LogP contribution is 2.49. The molecule has 1 N–H and O–H groups in total. The quantitative estimate of drug-likeness (QED) is 0.862. The smallest absolute Gasteiger partial charge is 0.162 e. The van der Waals surface area contributed by atoms with E-state index in [1.54, 1.807) is 0 Å². The van der Waals surface area contributed by atoms with E-state index in [2.05, 4.69) is 0 Å². The zero-order chi connectivity index (χ0) is 16.0. The van der Waals surface area contributed by atoms with Crippen molar-refractivity contribution >= 4 is 11.6 Å². The van der Waals surface area contributed by atoms with Gasteiger partial charge in [0, 0.05) is 36.3 Å². The van der Waals surface area contributed by atoms with Crippen molar-refractivity contribution in [1.82, 2.24) is 0 Å². The predicted octanol–water partition coefficient (Wildman–Crippen LogP) is 3.47. The summed E-state index contributed by atoms with van der Waals surface area (Å²) in [5, 5.41) is 10.4. The van der Waals surface area contributed by atoms with E-state index >= 15 is 0 Å². The number of aliphatic hydroxyl groups excluding tert-OH is 1. The number of para-hydroxylation sites is 1. The van der Waals surface area contributed by atoms with Crippen molar-refractivity contribution in [2.45, 2.75) is 50.5 Å². The third-order valence-corrected chi connectivity index (χ3v) is 5.32. The van der Waals surface area contributed by atoms with Crippen molar-refractivity contribution in [3.05, 3.63) is 41.2 Å². The van der Waals surface area contributed by atoms with Crippen LogP contribution in [0, 0.1) is 5.92 Å². The molecular formula is C19H20O4. The highest BCUT2D eigenvalue weighted by molar-refractivity contribution is 6.00. The van der Waals surface area contributed by atoms with E-state index in [0.717, 1.165) is 24.2 Å². The molecule has 0 bridgehead atoms. The number of carbonyl (C=O) groups excluding carboxylic acids is 2. The van der Waals surface area contributed by atoms with E-state index < -0.39 is 0 Å². The first-order valence-electron chi connectivity index (χ1n) is 8.40. The van der Waals surface area contributed by atoms with E-state index in [-0.39, 0.29) is 35.3 Å². The summed E-state index contributed by atoms with van der Waals surface area (Å²) in [7, 11) is 0. The van der Waals surface area contributed by atoms with Crippen molar-refractivity contribution < 1.29 is 19.4 Å². The third-order valence-electron chi connectivity index (χ3n) is 5.32. The SMILES string of the molecule is O=C1CCCC(O)=C1[C@@H]1c2ccccc2O[C@@H]2CCCC(=O)[C@H]12. The van der Waals surface area contributed by atoms with Gasteiger partial charge >= 0.3 is 0 Å². The molecule has 3 atom stereocenters. The zero-order valence-electron chi connectivity index (χ0n) is 13.0. The van der Waals surface area contributed by atoms with Gasteiger partial charge in [0.25, 0.3) is 0 Å². The van der Waals surface area contributed by atoms with E-state index in [9.17, 15) is 14.7 Å².